The number of carbonyl (C=O) groups is 1. The van der Waals surface area contributed by atoms with Crippen LogP contribution in [0.5, 0.6) is 0 Å². The Kier molecular flexibility index (Phi) is 3.07. The van der Waals surface area contributed by atoms with Crippen LogP contribution in [0.1, 0.15) is 42.7 Å². The number of likely N-dealkylation sites (tertiary alicyclic amines) is 1. The molecule has 0 bridgehead atoms. The molecule has 1 saturated heterocycles. The van der Waals surface area contributed by atoms with Crippen molar-refractivity contribution in [2.45, 2.75) is 44.6 Å². The van der Waals surface area contributed by atoms with E-state index in [1.165, 1.54) is 29.8 Å². The molecule has 2 heterocycles. The van der Waals surface area contributed by atoms with E-state index in [9.17, 15) is 4.79 Å². The minimum Gasteiger partial charge on any atom is -0.337 e. The maximum atomic E-state index is 12.9. The molecule has 1 aromatic carbocycles. The lowest BCUT2D eigenvalue weighted by Gasteiger charge is -2.37. The molecule has 1 aliphatic carbocycles. The SMILES string of the molecule is Cc1ccc2c(c1)[C@@H]1C[NH+](C)CC[C@H]1N2C(=O)C1CCC1. The highest BCUT2D eigenvalue weighted by Crippen LogP contribution is 2.45. The highest BCUT2D eigenvalue weighted by atomic mass is 16.2. The topological polar surface area (TPSA) is 24.8 Å². The molecule has 2 aliphatic heterocycles. The van der Waals surface area contributed by atoms with Gasteiger partial charge < -0.3 is 9.80 Å². The van der Waals surface area contributed by atoms with E-state index >= 15 is 0 Å². The van der Waals surface area contributed by atoms with Gasteiger partial charge in [0.25, 0.3) is 0 Å². The predicted molar refractivity (Wildman–Crippen MR) is 83.8 cm³/mol. The molecule has 0 radical (unpaired) electrons. The zero-order valence-corrected chi connectivity index (χ0v) is 13.1. The maximum absolute atomic E-state index is 12.9. The van der Waals surface area contributed by atoms with Crippen molar-refractivity contribution in [3.63, 3.8) is 0 Å². The number of hydrogen-bond acceptors (Lipinski definition) is 1. The highest BCUT2D eigenvalue weighted by Gasteiger charge is 2.47. The second-order valence-corrected chi connectivity index (χ2v) is 7.27. The number of amides is 1. The molecule has 2 fully saturated rings. The standard InChI is InChI=1S/C18H24N2O/c1-12-6-7-16-14(10-12)15-11-19(2)9-8-17(15)20(16)18(21)13-4-3-5-13/h6-7,10,13,15,17H,3-5,8-9,11H2,1-2H3/p+1/t15-,17+/m0/s1. The number of nitrogens with zero attached hydrogens (tertiary/aromatic N) is 1. The van der Waals surface area contributed by atoms with Crippen molar-refractivity contribution in [1.82, 2.24) is 0 Å². The molecule has 1 aromatic rings. The molecule has 1 N–H and O–H groups in total. The van der Waals surface area contributed by atoms with Gasteiger partial charge in [-0.3, -0.25) is 4.79 Å². The monoisotopic (exact) mass is 285 g/mol. The summed E-state index contributed by atoms with van der Waals surface area (Å²) in [4.78, 5) is 16.7. The van der Waals surface area contributed by atoms with Crippen LogP contribution in [0, 0.1) is 12.8 Å². The number of piperidine rings is 1. The number of nitrogens with one attached hydrogen (secondary N) is 1. The average Bonchev–Trinajstić information content (AvgIpc) is 2.70. The maximum Gasteiger partial charge on any atom is 0.230 e. The average molecular weight is 285 g/mol. The van der Waals surface area contributed by atoms with Gasteiger partial charge in [0, 0.05) is 18.0 Å². The fourth-order valence-electron chi connectivity index (χ4n) is 4.34. The first-order chi connectivity index (χ1) is 10.1. The van der Waals surface area contributed by atoms with Crippen LogP contribution >= 0.6 is 0 Å². The molecule has 4 rings (SSSR count). The number of quaternary nitrogens is 1. The Labute approximate surface area is 126 Å². The summed E-state index contributed by atoms with van der Waals surface area (Å²) in [6, 6.07) is 7.08. The number of likely N-dealkylation sites (N-methyl/N-ethyl adjacent to an activating group) is 1. The van der Waals surface area contributed by atoms with E-state index in [1.54, 1.807) is 4.90 Å². The van der Waals surface area contributed by atoms with E-state index in [0.717, 1.165) is 25.8 Å². The molecule has 3 atom stereocenters. The third kappa shape index (κ3) is 2.02. The summed E-state index contributed by atoms with van der Waals surface area (Å²) in [6.07, 6.45) is 4.56. The number of carbonyl (C=O) groups excluding carboxylic acids is 1. The van der Waals surface area contributed by atoms with Crippen LogP contribution in [0.25, 0.3) is 0 Å². The lowest BCUT2D eigenvalue weighted by Crippen LogP contribution is -3.11. The van der Waals surface area contributed by atoms with Crippen LogP contribution in [0.15, 0.2) is 18.2 Å². The van der Waals surface area contributed by atoms with Gasteiger partial charge in [0.1, 0.15) is 0 Å². The number of aryl methyl sites for hydroxylation is 1. The van der Waals surface area contributed by atoms with E-state index in [-0.39, 0.29) is 0 Å². The minimum atomic E-state index is 0.296. The zero-order chi connectivity index (χ0) is 14.6. The fraction of sp³-hybridized carbons (Fsp3) is 0.611. The molecular weight excluding hydrogens is 260 g/mol. The molecule has 3 nitrogen and oxygen atoms in total. The zero-order valence-electron chi connectivity index (χ0n) is 13.1. The van der Waals surface area contributed by atoms with E-state index in [4.69, 9.17) is 0 Å². The first kappa shape index (κ1) is 13.3. The quantitative estimate of drug-likeness (QED) is 0.831. The second kappa shape index (κ2) is 4.84. The van der Waals surface area contributed by atoms with Gasteiger partial charge in [-0.15, -0.1) is 0 Å². The highest BCUT2D eigenvalue weighted by molar-refractivity contribution is 5.98. The Morgan fingerprint density at radius 3 is 2.81 bits per heavy atom. The lowest BCUT2D eigenvalue weighted by atomic mass is 9.83. The molecule has 21 heavy (non-hydrogen) atoms. The van der Waals surface area contributed by atoms with Gasteiger partial charge in [0.15, 0.2) is 0 Å². The molecule has 1 saturated carbocycles. The van der Waals surface area contributed by atoms with Crippen molar-refractivity contribution in [2.75, 3.05) is 25.0 Å². The summed E-state index contributed by atoms with van der Waals surface area (Å²) < 4.78 is 0. The Morgan fingerprint density at radius 2 is 2.10 bits per heavy atom. The Hall–Kier alpha value is -1.35. The molecule has 0 spiro atoms. The number of benzene rings is 1. The van der Waals surface area contributed by atoms with Gasteiger partial charge in [0.2, 0.25) is 5.91 Å². The van der Waals surface area contributed by atoms with Crippen molar-refractivity contribution in [3.05, 3.63) is 29.3 Å². The third-order valence-electron chi connectivity index (χ3n) is 5.77. The van der Waals surface area contributed by atoms with Crippen LogP contribution in [0.3, 0.4) is 0 Å². The minimum absolute atomic E-state index is 0.296. The van der Waals surface area contributed by atoms with Gasteiger partial charge in [-0.25, -0.2) is 0 Å². The van der Waals surface area contributed by atoms with Crippen LogP contribution in [-0.4, -0.2) is 32.1 Å². The van der Waals surface area contributed by atoms with Gasteiger partial charge >= 0.3 is 0 Å². The molecular formula is C18H25N2O+. The van der Waals surface area contributed by atoms with E-state index in [1.807, 2.05) is 0 Å². The molecule has 1 amide bonds. The molecule has 3 aliphatic rings. The van der Waals surface area contributed by atoms with Crippen LogP contribution in [0.2, 0.25) is 0 Å². The van der Waals surface area contributed by atoms with Crippen LogP contribution < -0.4 is 9.80 Å². The first-order valence-corrected chi connectivity index (χ1v) is 8.40. The van der Waals surface area contributed by atoms with Crippen molar-refractivity contribution >= 4 is 11.6 Å². The summed E-state index contributed by atoms with van der Waals surface area (Å²) in [7, 11) is 2.28. The largest absolute Gasteiger partial charge is 0.337 e. The molecule has 112 valence electrons. The van der Waals surface area contributed by atoms with Crippen molar-refractivity contribution in [1.29, 1.82) is 0 Å². The molecule has 0 aromatic heterocycles. The lowest BCUT2D eigenvalue weighted by molar-refractivity contribution is -0.886. The van der Waals surface area contributed by atoms with Crippen molar-refractivity contribution in [2.24, 2.45) is 5.92 Å². The number of anilines is 1. The Balaban J connectivity index is 1.74. The third-order valence-corrected chi connectivity index (χ3v) is 5.77. The molecule has 3 heteroatoms. The number of rotatable bonds is 1. The Bertz CT molecular complexity index is 579. The number of fused-ring (bicyclic) bond motifs is 3. The smallest absolute Gasteiger partial charge is 0.230 e. The van der Waals surface area contributed by atoms with Crippen molar-refractivity contribution < 1.29 is 9.69 Å². The summed E-state index contributed by atoms with van der Waals surface area (Å²) in [5, 5.41) is 0. The van der Waals surface area contributed by atoms with E-state index < -0.39 is 0 Å². The van der Waals surface area contributed by atoms with Crippen LogP contribution in [0.4, 0.5) is 5.69 Å². The summed E-state index contributed by atoms with van der Waals surface area (Å²) in [5.74, 6) is 1.24. The van der Waals surface area contributed by atoms with E-state index in [2.05, 4.69) is 37.1 Å². The summed E-state index contributed by atoms with van der Waals surface area (Å²) in [5.41, 5.74) is 3.95. The van der Waals surface area contributed by atoms with Gasteiger partial charge in [-0.05, 0) is 31.4 Å². The second-order valence-electron chi connectivity index (χ2n) is 7.27. The van der Waals surface area contributed by atoms with Crippen molar-refractivity contribution in [3.8, 4) is 0 Å². The van der Waals surface area contributed by atoms with Gasteiger partial charge in [-0.2, -0.15) is 0 Å². The Morgan fingerprint density at radius 1 is 1.29 bits per heavy atom. The normalized spacial score (nSPS) is 31.5. The summed E-state index contributed by atoms with van der Waals surface area (Å²) >= 11 is 0. The number of hydrogen-bond donors (Lipinski definition) is 1. The first-order valence-electron chi connectivity index (χ1n) is 8.40. The molecule has 1 unspecified atom stereocenters. The van der Waals surface area contributed by atoms with Crippen LogP contribution in [-0.2, 0) is 4.79 Å². The summed E-state index contributed by atoms with van der Waals surface area (Å²) in [6.45, 7) is 4.50. The van der Waals surface area contributed by atoms with E-state index in [0.29, 0.717) is 23.8 Å². The van der Waals surface area contributed by atoms with Gasteiger partial charge in [-0.1, -0.05) is 24.1 Å². The predicted octanol–water partition coefficient (Wildman–Crippen LogP) is 1.51. The van der Waals surface area contributed by atoms with Gasteiger partial charge in [0.05, 0.1) is 32.1 Å². The fourth-order valence-corrected chi connectivity index (χ4v) is 4.34.